The molecule has 0 heterocycles. The van der Waals surface area contributed by atoms with E-state index < -0.39 is 47.9 Å². The molecular weight excluding hydrogens is 448 g/mol. The molecule has 0 aromatic heterocycles. The van der Waals surface area contributed by atoms with Gasteiger partial charge in [-0.2, -0.15) is 26.3 Å². The van der Waals surface area contributed by atoms with Crippen LogP contribution < -0.4 is 0 Å². The van der Waals surface area contributed by atoms with Gasteiger partial charge in [0.05, 0.1) is 39.6 Å². The van der Waals surface area contributed by atoms with Crippen molar-refractivity contribution < 1.29 is 57.4 Å². The third-order valence-electron chi connectivity index (χ3n) is 2.93. The van der Waals surface area contributed by atoms with E-state index in [-0.39, 0.29) is 26.4 Å². The van der Waals surface area contributed by atoms with Gasteiger partial charge in [0.25, 0.3) is 0 Å². The summed E-state index contributed by atoms with van der Waals surface area (Å²) in [5, 5.41) is 0. The highest BCUT2D eigenvalue weighted by atomic mass is 32.3. The number of hydrogen-bond donors (Lipinski definition) is 0. The van der Waals surface area contributed by atoms with Crippen LogP contribution in [0.3, 0.4) is 0 Å². The predicted molar refractivity (Wildman–Crippen MR) is 84.0 cm³/mol. The smallest absolute Gasteiger partial charge is 0.379 e. The number of hydrogen-bond acceptors (Lipinski definition) is 7. The van der Waals surface area contributed by atoms with E-state index in [9.17, 15) is 43.2 Å². The lowest BCUT2D eigenvalue weighted by Gasteiger charge is -2.23. The van der Waals surface area contributed by atoms with Crippen LogP contribution in [0.15, 0.2) is 0 Å². The van der Waals surface area contributed by atoms with Crippen LogP contribution in [0.5, 0.6) is 0 Å². The lowest BCUT2D eigenvalue weighted by atomic mass is 10.4. The first kappa shape index (κ1) is 27.3. The van der Waals surface area contributed by atoms with Crippen LogP contribution in [0.4, 0.5) is 26.3 Å². The Morgan fingerprint density at radius 2 is 1.04 bits per heavy atom. The molecule has 0 spiro atoms. The third kappa shape index (κ3) is 8.36. The van der Waals surface area contributed by atoms with Crippen LogP contribution in [-0.4, -0.2) is 77.7 Å². The Labute approximate surface area is 158 Å². The minimum Gasteiger partial charge on any atom is -0.379 e. The first-order chi connectivity index (χ1) is 12.7. The van der Waals surface area contributed by atoms with Gasteiger partial charge < -0.3 is 14.2 Å². The number of ether oxygens (including phenoxy) is 3. The average Bonchev–Trinajstić information content (AvgIpc) is 2.53. The molecule has 0 aromatic rings. The summed E-state index contributed by atoms with van der Waals surface area (Å²) < 4.78 is 133. The molecule has 0 saturated carbocycles. The van der Waals surface area contributed by atoms with Gasteiger partial charge in [-0.15, -0.1) is 0 Å². The fraction of sp³-hybridized carbons (Fsp3) is 1.00. The molecule has 0 unspecified atom stereocenters. The van der Waals surface area contributed by atoms with Gasteiger partial charge in [-0.1, -0.05) is 17.1 Å². The fourth-order valence-electron chi connectivity index (χ4n) is 1.53. The van der Waals surface area contributed by atoms with Crippen molar-refractivity contribution >= 4 is 20.0 Å². The zero-order chi connectivity index (χ0) is 22.1. The number of halogens is 6. The maximum atomic E-state index is 12.5. The molecule has 0 aromatic carbocycles. The molecule has 0 aliphatic carbocycles. The minimum atomic E-state index is -6.79. The van der Waals surface area contributed by atoms with Crippen molar-refractivity contribution in [2.75, 3.05) is 46.2 Å². The summed E-state index contributed by atoms with van der Waals surface area (Å²) in [5.41, 5.74) is -12.5. The van der Waals surface area contributed by atoms with E-state index in [2.05, 4.69) is 4.74 Å². The summed E-state index contributed by atoms with van der Waals surface area (Å²) in [4.78, 5) is 0. The number of unbranched alkanes of at least 4 members (excludes halogenated alkanes) is 1. The monoisotopic (exact) mass is 469 g/mol. The average molecular weight is 469 g/mol. The van der Waals surface area contributed by atoms with Crippen LogP contribution in [0.25, 0.3) is 0 Å². The molecule has 0 bridgehead atoms. The molecule has 0 aliphatic rings. The summed E-state index contributed by atoms with van der Waals surface area (Å²) in [6.45, 7) is -0.252. The van der Waals surface area contributed by atoms with Gasteiger partial charge in [-0.25, -0.2) is 16.8 Å². The Hall–Kier alpha value is -0.680. The second-order valence-corrected chi connectivity index (χ2v) is 9.03. The fourth-order valence-corrected chi connectivity index (χ4v) is 4.16. The number of rotatable bonds is 14. The van der Waals surface area contributed by atoms with E-state index >= 15 is 0 Å². The van der Waals surface area contributed by atoms with E-state index in [0.717, 1.165) is 12.8 Å². The third-order valence-corrected chi connectivity index (χ3v) is 6.71. The van der Waals surface area contributed by atoms with Crippen molar-refractivity contribution in [3.63, 3.8) is 0 Å². The summed E-state index contributed by atoms with van der Waals surface area (Å²) in [5.74, 6) is 0. The summed E-state index contributed by atoms with van der Waals surface area (Å²) in [6, 6.07) is 0. The van der Waals surface area contributed by atoms with Gasteiger partial charge in [-0.3, -0.25) is 0 Å². The Balaban J connectivity index is 4.59. The lowest BCUT2D eigenvalue weighted by Crippen LogP contribution is -2.50. The maximum Gasteiger partial charge on any atom is 0.512 e. The van der Waals surface area contributed by atoms with Gasteiger partial charge in [0.2, 0.25) is 0 Å². The molecule has 170 valence electrons. The van der Waals surface area contributed by atoms with E-state index in [1.54, 1.807) is 0 Å². The van der Waals surface area contributed by atoms with Crippen molar-refractivity contribution in [3.8, 4) is 0 Å². The second-order valence-electron chi connectivity index (χ2n) is 5.09. The van der Waals surface area contributed by atoms with E-state index in [0.29, 0.717) is 6.61 Å². The molecule has 0 N–H and O–H groups in total. The number of nitrogens with zero attached hydrogens (tertiary/aromatic N) is 1. The Morgan fingerprint density at radius 3 is 1.39 bits per heavy atom. The highest BCUT2D eigenvalue weighted by Gasteiger charge is 2.61. The quantitative estimate of drug-likeness (QED) is 0.283. The Morgan fingerprint density at radius 1 is 0.679 bits per heavy atom. The second kappa shape index (κ2) is 11.5. The van der Waals surface area contributed by atoms with Crippen LogP contribution in [0.2, 0.25) is 0 Å². The predicted octanol–water partition coefficient (Wildman–Crippen LogP) is 1.84. The van der Waals surface area contributed by atoms with Crippen molar-refractivity contribution in [1.29, 1.82) is 0 Å². The van der Waals surface area contributed by atoms with Gasteiger partial charge in [0, 0.05) is 6.61 Å². The van der Waals surface area contributed by atoms with Crippen molar-refractivity contribution in [3.05, 3.63) is 0 Å². The first-order valence-corrected chi connectivity index (χ1v) is 10.7. The Bertz CT molecular complexity index is 604. The minimum absolute atomic E-state index is 0.116. The van der Waals surface area contributed by atoms with Crippen molar-refractivity contribution in [2.45, 2.75) is 30.8 Å². The maximum absolute atomic E-state index is 12.5. The molecule has 16 heteroatoms. The topological polar surface area (TPSA) is 99.2 Å². The normalized spacial score (nSPS) is 14.0. The highest BCUT2D eigenvalue weighted by Crippen LogP contribution is 2.34. The first-order valence-electron chi connectivity index (χ1n) is 7.83. The standard InChI is InChI=1S/C12H21F6NO7S2/c1-2-3-5-24-7-9-26-10-8-25-6-4-19(27(20,21)11(13,14)15)28(22,23)12(16,17)18/h2-10H2,1H3. The molecule has 0 fully saturated rings. The van der Waals surface area contributed by atoms with Crippen LogP contribution in [-0.2, 0) is 34.3 Å². The zero-order valence-electron chi connectivity index (χ0n) is 14.8. The molecule has 0 amide bonds. The summed E-state index contributed by atoms with van der Waals surface area (Å²) in [7, 11) is -13.6. The van der Waals surface area contributed by atoms with Gasteiger partial charge in [0.15, 0.2) is 0 Å². The number of alkyl halides is 6. The number of sulfonamides is 2. The summed E-state index contributed by atoms with van der Waals surface area (Å²) in [6.07, 6.45) is 1.81. The molecule has 8 nitrogen and oxygen atoms in total. The van der Waals surface area contributed by atoms with Crippen LogP contribution in [0.1, 0.15) is 19.8 Å². The largest absolute Gasteiger partial charge is 0.512 e. The summed E-state index contributed by atoms with van der Waals surface area (Å²) >= 11 is 0. The van der Waals surface area contributed by atoms with E-state index in [1.807, 2.05) is 6.92 Å². The lowest BCUT2D eigenvalue weighted by molar-refractivity contribution is -0.0539. The van der Waals surface area contributed by atoms with Gasteiger partial charge in [-0.05, 0) is 6.42 Å². The molecular formula is C12H21F6NO7S2. The van der Waals surface area contributed by atoms with Gasteiger partial charge in [0.1, 0.15) is 0 Å². The van der Waals surface area contributed by atoms with E-state index in [1.165, 1.54) is 0 Å². The molecule has 28 heavy (non-hydrogen) atoms. The highest BCUT2D eigenvalue weighted by molar-refractivity contribution is 8.04. The molecule has 0 radical (unpaired) electrons. The van der Waals surface area contributed by atoms with Crippen LogP contribution >= 0.6 is 0 Å². The molecule has 0 rings (SSSR count). The SMILES string of the molecule is CCCCOCCOCCOCCN(S(=O)(=O)C(F)(F)F)S(=O)(=O)C(F)(F)F. The zero-order valence-corrected chi connectivity index (χ0v) is 16.4. The van der Waals surface area contributed by atoms with E-state index in [4.69, 9.17) is 9.47 Å². The van der Waals surface area contributed by atoms with Crippen molar-refractivity contribution in [2.24, 2.45) is 0 Å². The molecule has 0 aliphatic heterocycles. The van der Waals surface area contributed by atoms with Crippen molar-refractivity contribution in [1.82, 2.24) is 3.71 Å². The molecule has 0 atom stereocenters. The molecule has 0 saturated heterocycles. The Kier molecular flexibility index (Phi) is 11.2. The van der Waals surface area contributed by atoms with Gasteiger partial charge >= 0.3 is 31.1 Å². The van der Waals surface area contributed by atoms with Crippen LogP contribution in [0, 0.1) is 0 Å².